The van der Waals surface area contributed by atoms with E-state index in [0.717, 1.165) is 19.3 Å². The third-order valence-corrected chi connectivity index (χ3v) is 2.69. The first-order valence-corrected chi connectivity index (χ1v) is 6.21. The second-order valence-electron chi connectivity index (χ2n) is 4.34. The number of cyclic esters (lactones) is 1. The van der Waals surface area contributed by atoms with Crippen LogP contribution in [0.4, 0.5) is 0 Å². The van der Waals surface area contributed by atoms with Gasteiger partial charge in [-0.2, -0.15) is 0 Å². The predicted octanol–water partition coefficient (Wildman–Crippen LogP) is 1.76. The maximum Gasteiger partial charge on any atom is 0.308 e. The van der Waals surface area contributed by atoms with Crippen molar-refractivity contribution in [3.63, 3.8) is 0 Å². The van der Waals surface area contributed by atoms with Crippen LogP contribution in [-0.4, -0.2) is 29.6 Å². The van der Waals surface area contributed by atoms with Crippen LogP contribution < -0.4 is 0 Å². The van der Waals surface area contributed by atoms with Crippen LogP contribution in [0.5, 0.6) is 0 Å². The number of allylic oxidation sites excluding steroid dienone is 2. The quantitative estimate of drug-likeness (QED) is 0.655. The average molecular weight is 240 g/mol. The van der Waals surface area contributed by atoms with Crippen LogP contribution >= 0.6 is 0 Å². The van der Waals surface area contributed by atoms with Gasteiger partial charge in [0.15, 0.2) is 5.78 Å². The minimum atomic E-state index is -0.630. The molecule has 0 fully saturated rings. The maximum atomic E-state index is 11.3. The first kappa shape index (κ1) is 13.9. The molecule has 1 atom stereocenters. The van der Waals surface area contributed by atoms with E-state index < -0.39 is 6.10 Å². The van der Waals surface area contributed by atoms with Gasteiger partial charge in [-0.1, -0.05) is 6.08 Å². The molecular weight excluding hydrogens is 220 g/mol. The van der Waals surface area contributed by atoms with Crippen molar-refractivity contribution in [2.45, 2.75) is 51.0 Å². The number of aliphatic hydroxyl groups excluding tert-OH is 1. The Kier molecular flexibility index (Phi) is 6.55. The highest BCUT2D eigenvalue weighted by atomic mass is 16.5. The fourth-order valence-corrected chi connectivity index (χ4v) is 1.71. The van der Waals surface area contributed by atoms with Gasteiger partial charge < -0.3 is 9.84 Å². The van der Waals surface area contributed by atoms with Gasteiger partial charge >= 0.3 is 5.97 Å². The molecule has 1 rings (SSSR count). The van der Waals surface area contributed by atoms with Gasteiger partial charge in [0.25, 0.3) is 0 Å². The van der Waals surface area contributed by atoms with E-state index in [9.17, 15) is 14.7 Å². The molecule has 0 amide bonds. The molecule has 1 aliphatic rings. The Bertz CT molecular complexity index is 283. The molecule has 96 valence electrons. The summed E-state index contributed by atoms with van der Waals surface area (Å²) in [6.07, 6.45) is 6.95. The van der Waals surface area contributed by atoms with Crippen molar-refractivity contribution < 1.29 is 19.4 Å². The van der Waals surface area contributed by atoms with Crippen LogP contribution in [0, 0.1) is 0 Å². The van der Waals surface area contributed by atoms with E-state index in [2.05, 4.69) is 0 Å². The van der Waals surface area contributed by atoms with Crippen molar-refractivity contribution in [2.24, 2.45) is 0 Å². The zero-order valence-corrected chi connectivity index (χ0v) is 10.1. The second-order valence-corrected chi connectivity index (χ2v) is 4.34. The van der Waals surface area contributed by atoms with E-state index >= 15 is 0 Å². The van der Waals surface area contributed by atoms with Crippen molar-refractivity contribution in [2.75, 3.05) is 6.61 Å². The zero-order chi connectivity index (χ0) is 12.5. The van der Waals surface area contributed by atoms with Crippen LogP contribution in [0.2, 0.25) is 0 Å². The summed E-state index contributed by atoms with van der Waals surface area (Å²) >= 11 is 0. The Balaban J connectivity index is 2.42. The highest BCUT2D eigenvalue weighted by molar-refractivity contribution is 5.89. The number of carbonyl (C=O) groups is 2. The molecule has 1 unspecified atom stereocenters. The van der Waals surface area contributed by atoms with Gasteiger partial charge in [0, 0.05) is 6.42 Å². The number of rotatable bonds is 0. The fraction of sp³-hybridized carbons (Fsp3) is 0.692. The standard InChI is InChI=1S/C13H20O4/c14-11-6-2-1-3-8-12(15)10-13(16)17-9-5-4-7-11/h2,6,12,15H,1,3-5,7-10H2/b6-2+. The number of ether oxygens (including phenoxy) is 1. The normalized spacial score (nSPS) is 27.0. The fourth-order valence-electron chi connectivity index (χ4n) is 1.71. The Morgan fingerprint density at radius 3 is 2.88 bits per heavy atom. The first-order valence-electron chi connectivity index (χ1n) is 6.21. The van der Waals surface area contributed by atoms with E-state index in [-0.39, 0.29) is 18.2 Å². The lowest BCUT2D eigenvalue weighted by atomic mass is 10.1. The molecule has 0 saturated heterocycles. The minimum Gasteiger partial charge on any atom is -0.466 e. The molecule has 4 nitrogen and oxygen atoms in total. The smallest absolute Gasteiger partial charge is 0.308 e. The van der Waals surface area contributed by atoms with Gasteiger partial charge in [0.2, 0.25) is 0 Å². The molecule has 0 aromatic heterocycles. The molecular formula is C13H20O4. The van der Waals surface area contributed by atoms with Crippen molar-refractivity contribution in [1.82, 2.24) is 0 Å². The average Bonchev–Trinajstić information content (AvgIpc) is 2.27. The monoisotopic (exact) mass is 240 g/mol. The van der Waals surface area contributed by atoms with Gasteiger partial charge in [0.05, 0.1) is 19.1 Å². The molecule has 4 heteroatoms. The Labute approximate surface area is 102 Å². The molecule has 0 radical (unpaired) electrons. The molecule has 1 aliphatic heterocycles. The van der Waals surface area contributed by atoms with E-state index in [0.29, 0.717) is 25.9 Å². The van der Waals surface area contributed by atoms with E-state index in [1.807, 2.05) is 6.08 Å². The SMILES string of the molecule is O=C1/C=C/CCCC(O)CC(=O)OCCCC1. The van der Waals surface area contributed by atoms with E-state index in [1.165, 1.54) is 0 Å². The molecule has 17 heavy (non-hydrogen) atoms. The van der Waals surface area contributed by atoms with Gasteiger partial charge in [-0.05, 0) is 38.2 Å². The van der Waals surface area contributed by atoms with Crippen LogP contribution in [0.25, 0.3) is 0 Å². The lowest BCUT2D eigenvalue weighted by molar-refractivity contribution is -0.146. The second kappa shape index (κ2) is 8.01. The summed E-state index contributed by atoms with van der Waals surface area (Å²) in [4.78, 5) is 22.6. The predicted molar refractivity (Wildman–Crippen MR) is 63.4 cm³/mol. The molecule has 0 bridgehead atoms. The van der Waals surface area contributed by atoms with Crippen molar-refractivity contribution in [3.8, 4) is 0 Å². The summed E-state index contributed by atoms with van der Waals surface area (Å²) in [5, 5.41) is 9.55. The van der Waals surface area contributed by atoms with Crippen molar-refractivity contribution >= 4 is 11.8 Å². The molecule has 0 aromatic carbocycles. The van der Waals surface area contributed by atoms with Crippen LogP contribution in [0.1, 0.15) is 44.9 Å². The summed E-state index contributed by atoms with van der Waals surface area (Å²) in [5.41, 5.74) is 0. The maximum absolute atomic E-state index is 11.3. The van der Waals surface area contributed by atoms with Crippen LogP contribution in [0.3, 0.4) is 0 Å². The van der Waals surface area contributed by atoms with Crippen LogP contribution in [0.15, 0.2) is 12.2 Å². The van der Waals surface area contributed by atoms with Gasteiger partial charge in [-0.25, -0.2) is 0 Å². The number of carbonyl (C=O) groups excluding carboxylic acids is 2. The number of hydrogen-bond donors (Lipinski definition) is 1. The number of aliphatic hydroxyl groups is 1. The number of ketones is 1. The van der Waals surface area contributed by atoms with Gasteiger partial charge in [-0.15, -0.1) is 0 Å². The highest BCUT2D eigenvalue weighted by Crippen LogP contribution is 2.08. The Morgan fingerprint density at radius 1 is 1.24 bits per heavy atom. The lowest BCUT2D eigenvalue weighted by Gasteiger charge is -2.10. The molecule has 1 N–H and O–H groups in total. The highest BCUT2D eigenvalue weighted by Gasteiger charge is 2.11. The van der Waals surface area contributed by atoms with Crippen molar-refractivity contribution in [3.05, 3.63) is 12.2 Å². The zero-order valence-electron chi connectivity index (χ0n) is 10.1. The number of hydrogen-bond acceptors (Lipinski definition) is 4. The summed E-state index contributed by atoms with van der Waals surface area (Å²) in [5.74, 6) is -0.231. The summed E-state index contributed by atoms with van der Waals surface area (Å²) in [6.45, 7) is 0.336. The third kappa shape index (κ3) is 6.89. The third-order valence-electron chi connectivity index (χ3n) is 2.69. The minimum absolute atomic E-state index is 0.0721. The topological polar surface area (TPSA) is 63.6 Å². The van der Waals surface area contributed by atoms with Gasteiger partial charge in [0.1, 0.15) is 0 Å². The summed E-state index contributed by atoms with van der Waals surface area (Å²) in [6, 6.07) is 0. The molecule has 0 aromatic rings. The van der Waals surface area contributed by atoms with Gasteiger partial charge in [-0.3, -0.25) is 9.59 Å². The molecule has 0 spiro atoms. The Hall–Kier alpha value is -1.16. The first-order chi connectivity index (χ1) is 8.18. The lowest BCUT2D eigenvalue weighted by Crippen LogP contribution is -2.16. The largest absolute Gasteiger partial charge is 0.466 e. The molecule has 0 aliphatic carbocycles. The number of esters is 1. The van der Waals surface area contributed by atoms with Crippen molar-refractivity contribution in [1.29, 1.82) is 0 Å². The van der Waals surface area contributed by atoms with E-state index in [1.54, 1.807) is 6.08 Å². The van der Waals surface area contributed by atoms with Crippen LogP contribution in [-0.2, 0) is 14.3 Å². The summed E-state index contributed by atoms with van der Waals surface area (Å²) in [7, 11) is 0. The molecule has 1 heterocycles. The summed E-state index contributed by atoms with van der Waals surface area (Å²) < 4.78 is 4.96. The Morgan fingerprint density at radius 2 is 2.06 bits per heavy atom. The molecule has 0 saturated carbocycles. The van der Waals surface area contributed by atoms with E-state index in [4.69, 9.17) is 4.74 Å².